The van der Waals surface area contributed by atoms with E-state index >= 15 is 0 Å². The molecule has 0 aliphatic heterocycles. The van der Waals surface area contributed by atoms with Crippen LogP contribution in [0.15, 0.2) is 48.7 Å². The first-order valence-electron chi connectivity index (χ1n) is 4.94. The summed E-state index contributed by atoms with van der Waals surface area (Å²) >= 11 is 5.84. The van der Waals surface area contributed by atoms with Gasteiger partial charge in [0.1, 0.15) is 0 Å². The summed E-state index contributed by atoms with van der Waals surface area (Å²) in [6, 6.07) is 13.2. The number of hydrogen-bond donors (Lipinski definition) is 2. The molecule has 1 aromatic carbocycles. The van der Waals surface area contributed by atoms with Crippen LogP contribution >= 0.6 is 11.6 Å². The van der Waals surface area contributed by atoms with Gasteiger partial charge in [0, 0.05) is 11.2 Å². The zero-order valence-corrected chi connectivity index (χ0v) is 9.35. The molecule has 0 amide bonds. The highest BCUT2D eigenvalue weighted by Crippen LogP contribution is 2.20. The number of hydrogen-bond acceptors (Lipinski definition) is 3. The molecule has 0 spiro atoms. The fraction of sp³-hybridized carbons (Fsp3) is 0.0833. The van der Waals surface area contributed by atoms with Crippen molar-refractivity contribution >= 4 is 11.6 Å². The van der Waals surface area contributed by atoms with Gasteiger partial charge >= 0.3 is 0 Å². The van der Waals surface area contributed by atoms with E-state index in [9.17, 15) is 0 Å². The molecule has 16 heavy (non-hydrogen) atoms. The second kappa shape index (κ2) is 5.07. The minimum absolute atomic E-state index is 0.113. The minimum atomic E-state index is -0.113. The van der Waals surface area contributed by atoms with E-state index in [4.69, 9.17) is 17.4 Å². The molecule has 3 N–H and O–H groups in total. The Bertz CT molecular complexity index is 442. The van der Waals surface area contributed by atoms with Crippen molar-refractivity contribution in [1.82, 2.24) is 10.4 Å². The fourth-order valence-electron chi connectivity index (χ4n) is 1.55. The van der Waals surface area contributed by atoms with Crippen LogP contribution in [0.3, 0.4) is 0 Å². The summed E-state index contributed by atoms with van der Waals surface area (Å²) in [6.45, 7) is 0. The van der Waals surface area contributed by atoms with Crippen LogP contribution in [0.25, 0.3) is 0 Å². The van der Waals surface area contributed by atoms with Crippen molar-refractivity contribution in [1.29, 1.82) is 0 Å². The number of rotatable bonds is 3. The van der Waals surface area contributed by atoms with E-state index in [1.54, 1.807) is 6.20 Å². The third-order valence-corrected chi connectivity index (χ3v) is 2.61. The normalized spacial score (nSPS) is 12.4. The second-order valence-electron chi connectivity index (χ2n) is 3.41. The summed E-state index contributed by atoms with van der Waals surface area (Å²) in [7, 11) is 0. The van der Waals surface area contributed by atoms with Gasteiger partial charge in [-0.1, -0.05) is 29.8 Å². The highest BCUT2D eigenvalue weighted by Gasteiger charge is 2.12. The van der Waals surface area contributed by atoms with Crippen LogP contribution in [0.2, 0.25) is 5.02 Å². The highest BCUT2D eigenvalue weighted by molar-refractivity contribution is 6.30. The quantitative estimate of drug-likeness (QED) is 0.632. The number of benzene rings is 1. The summed E-state index contributed by atoms with van der Waals surface area (Å²) in [5, 5.41) is 0.709. The Morgan fingerprint density at radius 2 is 1.88 bits per heavy atom. The first-order chi connectivity index (χ1) is 7.81. The Morgan fingerprint density at radius 3 is 2.44 bits per heavy atom. The SMILES string of the molecule is NNC(c1ccc(Cl)cc1)c1ccccn1. The maximum atomic E-state index is 5.84. The Morgan fingerprint density at radius 1 is 1.12 bits per heavy atom. The molecule has 4 heteroatoms. The molecular formula is C12H12ClN3. The van der Waals surface area contributed by atoms with Crippen LogP contribution in [-0.4, -0.2) is 4.98 Å². The smallest absolute Gasteiger partial charge is 0.0881 e. The fourth-order valence-corrected chi connectivity index (χ4v) is 1.68. The van der Waals surface area contributed by atoms with E-state index in [1.807, 2.05) is 42.5 Å². The third-order valence-electron chi connectivity index (χ3n) is 2.35. The van der Waals surface area contributed by atoms with E-state index in [2.05, 4.69) is 10.4 Å². The lowest BCUT2D eigenvalue weighted by molar-refractivity contribution is 0.621. The van der Waals surface area contributed by atoms with Gasteiger partial charge in [0.2, 0.25) is 0 Å². The zero-order chi connectivity index (χ0) is 11.4. The summed E-state index contributed by atoms with van der Waals surface area (Å²) in [4.78, 5) is 4.27. The average Bonchev–Trinajstić information content (AvgIpc) is 2.34. The number of nitrogens with zero attached hydrogens (tertiary/aromatic N) is 1. The van der Waals surface area contributed by atoms with Crippen LogP contribution in [0.4, 0.5) is 0 Å². The Balaban J connectivity index is 2.33. The summed E-state index contributed by atoms with van der Waals surface area (Å²) in [5.74, 6) is 5.55. The van der Waals surface area contributed by atoms with Gasteiger partial charge in [0.15, 0.2) is 0 Å². The number of nitrogens with two attached hydrogens (primary N) is 1. The maximum absolute atomic E-state index is 5.84. The molecule has 0 bridgehead atoms. The van der Waals surface area contributed by atoms with Gasteiger partial charge in [-0.25, -0.2) is 5.43 Å². The second-order valence-corrected chi connectivity index (χ2v) is 3.84. The largest absolute Gasteiger partial charge is 0.271 e. The molecule has 0 aliphatic rings. The molecule has 1 unspecified atom stereocenters. The standard InChI is InChI=1S/C12H12ClN3/c13-10-6-4-9(5-7-10)12(16-14)11-3-1-2-8-15-11/h1-8,12,16H,14H2. The van der Waals surface area contributed by atoms with E-state index in [-0.39, 0.29) is 6.04 Å². The molecule has 82 valence electrons. The first kappa shape index (κ1) is 11.1. The monoisotopic (exact) mass is 233 g/mol. The van der Waals surface area contributed by atoms with Gasteiger partial charge in [-0.3, -0.25) is 10.8 Å². The lowest BCUT2D eigenvalue weighted by Crippen LogP contribution is -2.29. The van der Waals surface area contributed by atoms with Crippen molar-refractivity contribution in [2.24, 2.45) is 5.84 Å². The van der Waals surface area contributed by atoms with Crippen LogP contribution < -0.4 is 11.3 Å². The molecular weight excluding hydrogens is 222 g/mol. The molecule has 1 aromatic heterocycles. The number of halogens is 1. The van der Waals surface area contributed by atoms with E-state index in [0.29, 0.717) is 5.02 Å². The number of hydrazine groups is 1. The lowest BCUT2D eigenvalue weighted by Gasteiger charge is -2.15. The molecule has 2 aromatic rings. The van der Waals surface area contributed by atoms with Gasteiger partial charge in [0.05, 0.1) is 11.7 Å². The molecule has 0 saturated heterocycles. The van der Waals surface area contributed by atoms with E-state index < -0.39 is 0 Å². The van der Waals surface area contributed by atoms with Crippen LogP contribution in [0.1, 0.15) is 17.3 Å². The predicted octanol–water partition coefficient (Wildman–Crippen LogP) is 2.29. The van der Waals surface area contributed by atoms with Crippen molar-refractivity contribution in [3.05, 3.63) is 64.9 Å². The number of aromatic nitrogens is 1. The van der Waals surface area contributed by atoms with Gasteiger partial charge in [-0.2, -0.15) is 0 Å². The molecule has 1 atom stereocenters. The molecule has 3 nitrogen and oxygen atoms in total. The number of nitrogens with one attached hydrogen (secondary N) is 1. The maximum Gasteiger partial charge on any atom is 0.0881 e. The zero-order valence-electron chi connectivity index (χ0n) is 8.60. The highest BCUT2D eigenvalue weighted by atomic mass is 35.5. The molecule has 2 rings (SSSR count). The van der Waals surface area contributed by atoms with Crippen LogP contribution in [-0.2, 0) is 0 Å². The Kier molecular flexibility index (Phi) is 3.51. The number of pyridine rings is 1. The summed E-state index contributed by atoms with van der Waals surface area (Å²) in [5.41, 5.74) is 4.66. The van der Waals surface area contributed by atoms with Gasteiger partial charge in [0.25, 0.3) is 0 Å². The average molecular weight is 234 g/mol. The summed E-state index contributed by atoms with van der Waals surface area (Å²) < 4.78 is 0. The van der Waals surface area contributed by atoms with Crippen molar-refractivity contribution in [3.8, 4) is 0 Å². The minimum Gasteiger partial charge on any atom is -0.271 e. The lowest BCUT2D eigenvalue weighted by atomic mass is 10.0. The predicted molar refractivity (Wildman–Crippen MR) is 64.9 cm³/mol. The Hall–Kier alpha value is -1.42. The van der Waals surface area contributed by atoms with Crippen molar-refractivity contribution < 1.29 is 0 Å². The van der Waals surface area contributed by atoms with Gasteiger partial charge in [-0.05, 0) is 29.8 Å². The van der Waals surface area contributed by atoms with Gasteiger partial charge in [-0.15, -0.1) is 0 Å². The molecule has 0 aliphatic carbocycles. The van der Waals surface area contributed by atoms with Crippen molar-refractivity contribution in [2.75, 3.05) is 0 Å². The van der Waals surface area contributed by atoms with Crippen LogP contribution in [0.5, 0.6) is 0 Å². The van der Waals surface area contributed by atoms with Crippen LogP contribution in [0, 0.1) is 0 Å². The van der Waals surface area contributed by atoms with E-state index in [0.717, 1.165) is 11.3 Å². The molecule has 0 fully saturated rings. The Labute approximate surface area is 99.2 Å². The van der Waals surface area contributed by atoms with Gasteiger partial charge < -0.3 is 0 Å². The van der Waals surface area contributed by atoms with E-state index in [1.165, 1.54) is 0 Å². The molecule has 1 heterocycles. The molecule has 0 saturated carbocycles. The van der Waals surface area contributed by atoms with Crippen molar-refractivity contribution in [2.45, 2.75) is 6.04 Å². The molecule has 0 radical (unpaired) electrons. The summed E-state index contributed by atoms with van der Waals surface area (Å²) in [6.07, 6.45) is 1.75. The third kappa shape index (κ3) is 2.39. The topological polar surface area (TPSA) is 50.9 Å². The van der Waals surface area contributed by atoms with Crippen molar-refractivity contribution in [3.63, 3.8) is 0 Å². The first-order valence-corrected chi connectivity index (χ1v) is 5.31.